The van der Waals surface area contributed by atoms with E-state index in [1.807, 2.05) is 0 Å². The summed E-state index contributed by atoms with van der Waals surface area (Å²) in [7, 11) is -2.27. The van der Waals surface area contributed by atoms with E-state index in [1.54, 1.807) is 24.3 Å². The lowest BCUT2D eigenvalue weighted by atomic mass is 10.2. The Kier molecular flexibility index (Phi) is 4.43. The topological polar surface area (TPSA) is 121 Å². The standard InChI is InChI=1S/C16H15N3O5S/c1-24-11-4-2-3-10(7-11)9-17-25(22,23)12-5-6-13-14(8-12)19-16(21)15(20)18-13/h2-8,17H,9H2,1H3,(H,18,20)(H,19,21). The number of ether oxygens (including phenoxy) is 1. The minimum atomic E-state index is -3.80. The fraction of sp³-hybridized carbons (Fsp3) is 0.125. The Labute approximate surface area is 142 Å². The summed E-state index contributed by atoms with van der Waals surface area (Å²) < 4.78 is 32.5. The Morgan fingerprint density at radius 3 is 2.44 bits per heavy atom. The van der Waals surface area contributed by atoms with E-state index < -0.39 is 21.1 Å². The summed E-state index contributed by atoms with van der Waals surface area (Å²) >= 11 is 0. The molecule has 1 heterocycles. The molecule has 0 aliphatic heterocycles. The van der Waals surface area contributed by atoms with Gasteiger partial charge in [-0.15, -0.1) is 0 Å². The monoisotopic (exact) mass is 361 g/mol. The molecule has 3 rings (SSSR count). The number of fused-ring (bicyclic) bond motifs is 1. The van der Waals surface area contributed by atoms with Crippen molar-refractivity contribution in [2.24, 2.45) is 0 Å². The lowest BCUT2D eigenvalue weighted by molar-refractivity contribution is 0.414. The van der Waals surface area contributed by atoms with Gasteiger partial charge in [-0.1, -0.05) is 12.1 Å². The van der Waals surface area contributed by atoms with Crippen molar-refractivity contribution in [1.82, 2.24) is 14.7 Å². The highest BCUT2D eigenvalue weighted by Crippen LogP contribution is 2.16. The van der Waals surface area contributed by atoms with Crippen LogP contribution in [-0.4, -0.2) is 25.5 Å². The van der Waals surface area contributed by atoms with Crippen molar-refractivity contribution in [3.8, 4) is 5.75 Å². The third-order valence-corrected chi connectivity index (χ3v) is 5.00. The van der Waals surface area contributed by atoms with Crippen molar-refractivity contribution in [3.05, 3.63) is 68.7 Å². The second kappa shape index (κ2) is 6.54. The summed E-state index contributed by atoms with van der Waals surface area (Å²) in [4.78, 5) is 27.4. The minimum absolute atomic E-state index is 0.0226. The van der Waals surface area contributed by atoms with E-state index in [1.165, 1.54) is 25.3 Å². The van der Waals surface area contributed by atoms with Crippen LogP contribution in [0.15, 0.2) is 56.9 Å². The number of methoxy groups -OCH3 is 1. The Bertz CT molecular complexity index is 1150. The molecular formula is C16H15N3O5S. The number of H-pyrrole nitrogens is 2. The number of rotatable bonds is 5. The van der Waals surface area contributed by atoms with Gasteiger partial charge in [0.1, 0.15) is 5.75 Å². The molecule has 1 aromatic heterocycles. The van der Waals surface area contributed by atoms with Crippen molar-refractivity contribution in [2.75, 3.05) is 7.11 Å². The highest BCUT2D eigenvalue weighted by atomic mass is 32.2. The van der Waals surface area contributed by atoms with Gasteiger partial charge in [0.25, 0.3) is 0 Å². The second-order valence-corrected chi connectivity index (χ2v) is 7.06. The maximum Gasteiger partial charge on any atom is 0.314 e. The number of hydrogen-bond acceptors (Lipinski definition) is 5. The average molecular weight is 361 g/mol. The van der Waals surface area contributed by atoms with Crippen molar-refractivity contribution in [3.63, 3.8) is 0 Å². The molecule has 0 saturated heterocycles. The van der Waals surface area contributed by atoms with Crippen molar-refractivity contribution in [1.29, 1.82) is 0 Å². The first kappa shape index (κ1) is 16.9. The van der Waals surface area contributed by atoms with Crippen LogP contribution >= 0.6 is 0 Å². The third kappa shape index (κ3) is 3.62. The molecule has 8 nitrogen and oxygen atoms in total. The summed E-state index contributed by atoms with van der Waals surface area (Å²) in [5.41, 5.74) is -0.322. The highest BCUT2D eigenvalue weighted by Gasteiger charge is 2.15. The number of aromatic amines is 2. The maximum atomic E-state index is 12.4. The molecule has 0 aliphatic rings. The predicted molar refractivity (Wildman–Crippen MR) is 92.2 cm³/mol. The van der Waals surface area contributed by atoms with E-state index in [0.29, 0.717) is 11.3 Å². The molecule has 0 atom stereocenters. The van der Waals surface area contributed by atoms with Gasteiger partial charge in [0.2, 0.25) is 10.0 Å². The molecular weight excluding hydrogens is 346 g/mol. The zero-order valence-corrected chi connectivity index (χ0v) is 14.0. The van der Waals surface area contributed by atoms with Crippen molar-refractivity contribution >= 4 is 21.1 Å². The molecule has 9 heteroatoms. The van der Waals surface area contributed by atoms with Crippen LogP contribution in [0.5, 0.6) is 5.75 Å². The lowest BCUT2D eigenvalue weighted by Gasteiger charge is -2.09. The van der Waals surface area contributed by atoms with Crippen LogP contribution in [0.25, 0.3) is 11.0 Å². The highest BCUT2D eigenvalue weighted by molar-refractivity contribution is 7.89. The molecule has 130 valence electrons. The van der Waals surface area contributed by atoms with Gasteiger partial charge in [-0.25, -0.2) is 13.1 Å². The van der Waals surface area contributed by atoms with Crippen molar-refractivity contribution in [2.45, 2.75) is 11.4 Å². The molecule has 0 spiro atoms. The van der Waals surface area contributed by atoms with Crippen LogP contribution in [-0.2, 0) is 16.6 Å². The summed E-state index contributed by atoms with van der Waals surface area (Å²) in [5, 5.41) is 0. The van der Waals surface area contributed by atoms with Gasteiger partial charge in [-0.3, -0.25) is 9.59 Å². The van der Waals surface area contributed by atoms with Crippen LogP contribution in [0.2, 0.25) is 0 Å². The van der Waals surface area contributed by atoms with E-state index in [4.69, 9.17) is 4.74 Å². The van der Waals surface area contributed by atoms with Crippen molar-refractivity contribution < 1.29 is 13.2 Å². The lowest BCUT2D eigenvalue weighted by Crippen LogP contribution is -2.29. The minimum Gasteiger partial charge on any atom is -0.497 e. The van der Waals surface area contributed by atoms with E-state index in [0.717, 1.165) is 5.56 Å². The summed E-state index contributed by atoms with van der Waals surface area (Å²) in [6, 6.07) is 11.1. The average Bonchev–Trinajstić information content (AvgIpc) is 2.61. The van der Waals surface area contributed by atoms with Crippen LogP contribution < -0.4 is 20.6 Å². The Morgan fingerprint density at radius 1 is 1.00 bits per heavy atom. The second-order valence-electron chi connectivity index (χ2n) is 5.29. The third-order valence-electron chi connectivity index (χ3n) is 3.60. The Hall–Kier alpha value is -2.91. The SMILES string of the molecule is COc1cccc(CNS(=O)(=O)c2ccc3[nH]c(=O)c(=O)[nH]c3c2)c1. The van der Waals surface area contributed by atoms with E-state index >= 15 is 0 Å². The molecule has 25 heavy (non-hydrogen) atoms. The maximum absolute atomic E-state index is 12.4. The first-order valence-electron chi connectivity index (χ1n) is 7.28. The summed E-state index contributed by atoms with van der Waals surface area (Å²) in [6.45, 7) is 0.0830. The number of benzene rings is 2. The Balaban J connectivity index is 1.88. The number of sulfonamides is 1. The first-order valence-corrected chi connectivity index (χ1v) is 8.76. The number of hydrogen-bond donors (Lipinski definition) is 3. The van der Waals surface area contributed by atoms with Gasteiger partial charge in [-0.2, -0.15) is 0 Å². The van der Waals surface area contributed by atoms with E-state index in [2.05, 4.69) is 14.7 Å². The van der Waals surface area contributed by atoms with Crippen LogP contribution in [0.1, 0.15) is 5.56 Å². The van der Waals surface area contributed by atoms with Gasteiger partial charge >= 0.3 is 11.1 Å². The van der Waals surface area contributed by atoms with Crippen LogP contribution in [0.4, 0.5) is 0 Å². The fourth-order valence-corrected chi connectivity index (χ4v) is 3.35. The molecule has 0 unspecified atom stereocenters. The molecule has 2 aromatic carbocycles. The molecule has 0 amide bonds. The smallest absolute Gasteiger partial charge is 0.314 e. The molecule has 0 fully saturated rings. The summed E-state index contributed by atoms with van der Waals surface area (Å²) in [6.07, 6.45) is 0. The van der Waals surface area contributed by atoms with Gasteiger partial charge in [-0.05, 0) is 35.9 Å². The molecule has 3 N–H and O–H groups in total. The van der Waals surface area contributed by atoms with E-state index in [9.17, 15) is 18.0 Å². The fourth-order valence-electron chi connectivity index (χ4n) is 2.31. The number of aromatic nitrogens is 2. The molecule has 0 aliphatic carbocycles. The molecule has 0 saturated carbocycles. The van der Waals surface area contributed by atoms with Crippen LogP contribution in [0.3, 0.4) is 0 Å². The van der Waals surface area contributed by atoms with Gasteiger partial charge in [0.15, 0.2) is 0 Å². The van der Waals surface area contributed by atoms with E-state index in [-0.39, 0.29) is 17.0 Å². The molecule has 0 radical (unpaired) electrons. The summed E-state index contributed by atoms with van der Waals surface area (Å²) in [5.74, 6) is 0.629. The zero-order chi connectivity index (χ0) is 18.0. The number of nitrogens with one attached hydrogen (secondary N) is 3. The van der Waals surface area contributed by atoms with Gasteiger partial charge < -0.3 is 14.7 Å². The van der Waals surface area contributed by atoms with Crippen LogP contribution in [0, 0.1) is 0 Å². The molecule has 3 aromatic rings. The first-order chi connectivity index (χ1) is 11.9. The largest absolute Gasteiger partial charge is 0.497 e. The predicted octanol–water partition coefficient (Wildman–Crippen LogP) is 0.704. The zero-order valence-electron chi connectivity index (χ0n) is 13.2. The quantitative estimate of drug-likeness (QED) is 0.578. The molecule has 0 bridgehead atoms. The Morgan fingerprint density at radius 2 is 1.72 bits per heavy atom. The van der Waals surface area contributed by atoms with Gasteiger partial charge in [0, 0.05) is 6.54 Å². The van der Waals surface area contributed by atoms with Gasteiger partial charge in [0.05, 0.1) is 23.0 Å². The normalized spacial score (nSPS) is 11.6.